The first-order valence-electron chi connectivity index (χ1n) is 7.35. The van der Waals surface area contributed by atoms with Crippen LogP contribution in [0.2, 0.25) is 0 Å². The number of hydrogen-bond acceptors (Lipinski definition) is 2. The zero-order chi connectivity index (χ0) is 12.5. The van der Waals surface area contributed by atoms with Crippen LogP contribution in [-0.2, 0) is 13.1 Å². The summed E-state index contributed by atoms with van der Waals surface area (Å²) in [5.74, 6) is 0.908. The Kier molecular flexibility index (Phi) is 3.29. The smallest absolute Gasteiger partial charge is 0.0317 e. The van der Waals surface area contributed by atoms with Crippen molar-refractivity contribution in [3.05, 3.63) is 29.3 Å². The molecule has 2 N–H and O–H groups in total. The van der Waals surface area contributed by atoms with Gasteiger partial charge in [0.15, 0.2) is 0 Å². The lowest BCUT2D eigenvalue weighted by atomic mass is 9.84. The standard InChI is InChI=1S/C16H24N2/c1-12(13-5-3-2-4-6-13)18-10-14-7-8-16(17)9-15(14)11-18/h7-9,12-13H,2-6,10-11,17H2,1H3. The first kappa shape index (κ1) is 12.0. The van der Waals surface area contributed by atoms with Gasteiger partial charge in [-0.15, -0.1) is 0 Å². The summed E-state index contributed by atoms with van der Waals surface area (Å²) >= 11 is 0. The van der Waals surface area contributed by atoms with Gasteiger partial charge in [-0.2, -0.15) is 0 Å². The van der Waals surface area contributed by atoms with Crippen LogP contribution in [0.25, 0.3) is 0 Å². The Labute approximate surface area is 110 Å². The van der Waals surface area contributed by atoms with Gasteiger partial charge in [0.05, 0.1) is 0 Å². The Balaban J connectivity index is 1.69. The average molecular weight is 244 g/mol. The quantitative estimate of drug-likeness (QED) is 0.806. The molecule has 0 bridgehead atoms. The van der Waals surface area contributed by atoms with Gasteiger partial charge >= 0.3 is 0 Å². The molecule has 1 unspecified atom stereocenters. The zero-order valence-electron chi connectivity index (χ0n) is 11.4. The van der Waals surface area contributed by atoms with Crippen molar-refractivity contribution in [2.45, 2.75) is 58.2 Å². The Morgan fingerprint density at radius 2 is 1.83 bits per heavy atom. The summed E-state index contributed by atoms with van der Waals surface area (Å²) in [6.45, 7) is 4.64. The predicted molar refractivity (Wildman–Crippen MR) is 76.1 cm³/mol. The fraction of sp³-hybridized carbons (Fsp3) is 0.625. The van der Waals surface area contributed by atoms with E-state index in [1.807, 2.05) is 6.07 Å². The summed E-state index contributed by atoms with van der Waals surface area (Å²) in [6.07, 6.45) is 7.16. The number of nitrogens with two attached hydrogens (primary N) is 1. The van der Waals surface area contributed by atoms with Gasteiger partial charge in [0.2, 0.25) is 0 Å². The minimum atomic E-state index is 0.721. The summed E-state index contributed by atoms with van der Waals surface area (Å²) in [6, 6.07) is 7.12. The van der Waals surface area contributed by atoms with Gasteiger partial charge in [-0.1, -0.05) is 25.3 Å². The molecule has 3 rings (SSSR count). The second-order valence-electron chi connectivity index (χ2n) is 6.07. The summed E-state index contributed by atoms with van der Waals surface area (Å²) < 4.78 is 0. The van der Waals surface area contributed by atoms with Crippen molar-refractivity contribution >= 4 is 5.69 Å². The highest BCUT2D eigenvalue weighted by molar-refractivity contribution is 5.46. The van der Waals surface area contributed by atoms with Crippen LogP contribution >= 0.6 is 0 Å². The third-order valence-electron chi connectivity index (χ3n) is 4.89. The molecule has 98 valence electrons. The van der Waals surface area contributed by atoms with Crippen LogP contribution in [-0.4, -0.2) is 10.9 Å². The van der Waals surface area contributed by atoms with Crippen molar-refractivity contribution in [3.8, 4) is 0 Å². The molecule has 1 heterocycles. The summed E-state index contributed by atoms with van der Waals surface area (Å²) in [4.78, 5) is 2.64. The van der Waals surface area contributed by atoms with E-state index in [0.29, 0.717) is 0 Å². The number of fused-ring (bicyclic) bond motifs is 1. The second kappa shape index (κ2) is 4.93. The average Bonchev–Trinajstić information content (AvgIpc) is 2.81. The first-order valence-corrected chi connectivity index (χ1v) is 7.35. The molecule has 18 heavy (non-hydrogen) atoms. The largest absolute Gasteiger partial charge is 0.399 e. The molecule has 1 aromatic carbocycles. The molecule has 2 aliphatic rings. The molecule has 2 heteroatoms. The Hall–Kier alpha value is -1.02. The maximum Gasteiger partial charge on any atom is 0.0317 e. The van der Waals surface area contributed by atoms with Gasteiger partial charge < -0.3 is 5.73 Å². The Bertz CT molecular complexity index is 421. The van der Waals surface area contributed by atoms with Crippen molar-refractivity contribution in [1.29, 1.82) is 0 Å². The lowest BCUT2D eigenvalue weighted by Crippen LogP contribution is -2.35. The topological polar surface area (TPSA) is 29.3 Å². The third kappa shape index (κ3) is 2.26. The van der Waals surface area contributed by atoms with E-state index < -0.39 is 0 Å². The predicted octanol–water partition coefficient (Wildman–Crippen LogP) is 3.55. The molecule has 1 aromatic rings. The number of anilines is 1. The van der Waals surface area contributed by atoms with Crippen molar-refractivity contribution in [3.63, 3.8) is 0 Å². The molecule has 0 amide bonds. The number of rotatable bonds is 2. The summed E-state index contributed by atoms with van der Waals surface area (Å²) in [5, 5.41) is 0. The van der Waals surface area contributed by atoms with E-state index in [-0.39, 0.29) is 0 Å². The highest BCUT2D eigenvalue weighted by atomic mass is 15.2. The van der Waals surface area contributed by atoms with Gasteiger partial charge in [0.1, 0.15) is 0 Å². The molecule has 1 fully saturated rings. The van der Waals surface area contributed by atoms with E-state index in [9.17, 15) is 0 Å². The minimum absolute atomic E-state index is 0.721. The number of nitrogen functional groups attached to an aromatic ring is 1. The fourth-order valence-electron chi connectivity index (χ4n) is 3.64. The molecule has 0 aromatic heterocycles. The van der Waals surface area contributed by atoms with Crippen LogP contribution in [0.5, 0.6) is 0 Å². The Morgan fingerprint density at radius 1 is 1.11 bits per heavy atom. The van der Waals surface area contributed by atoms with Gasteiger partial charge in [-0.05, 0) is 48.9 Å². The molecular weight excluding hydrogens is 220 g/mol. The van der Waals surface area contributed by atoms with Crippen LogP contribution in [0.4, 0.5) is 5.69 Å². The molecule has 0 spiro atoms. The molecular formula is C16H24N2. The number of benzene rings is 1. The van der Waals surface area contributed by atoms with E-state index in [1.165, 1.54) is 43.2 Å². The summed E-state index contributed by atoms with van der Waals surface area (Å²) in [7, 11) is 0. The third-order valence-corrected chi connectivity index (χ3v) is 4.89. The van der Waals surface area contributed by atoms with Crippen molar-refractivity contribution in [1.82, 2.24) is 4.90 Å². The van der Waals surface area contributed by atoms with Gasteiger partial charge in [0.25, 0.3) is 0 Å². The molecule has 1 atom stereocenters. The highest BCUT2D eigenvalue weighted by Crippen LogP contribution is 2.33. The number of nitrogens with zero attached hydrogens (tertiary/aromatic N) is 1. The maximum absolute atomic E-state index is 5.88. The highest BCUT2D eigenvalue weighted by Gasteiger charge is 2.29. The molecule has 1 aliphatic carbocycles. The van der Waals surface area contributed by atoms with Crippen LogP contribution < -0.4 is 5.73 Å². The minimum Gasteiger partial charge on any atom is -0.399 e. The first-order chi connectivity index (χ1) is 8.74. The van der Waals surface area contributed by atoms with Crippen LogP contribution in [0.1, 0.15) is 50.2 Å². The van der Waals surface area contributed by atoms with Gasteiger partial charge in [0, 0.05) is 24.8 Å². The Morgan fingerprint density at radius 3 is 2.61 bits per heavy atom. The molecule has 1 saturated carbocycles. The monoisotopic (exact) mass is 244 g/mol. The SMILES string of the molecule is CC(C1CCCCC1)N1Cc2ccc(N)cc2C1. The zero-order valence-corrected chi connectivity index (χ0v) is 11.4. The number of hydrogen-bond donors (Lipinski definition) is 1. The van der Waals surface area contributed by atoms with E-state index in [2.05, 4.69) is 24.0 Å². The van der Waals surface area contributed by atoms with Crippen LogP contribution in [0.15, 0.2) is 18.2 Å². The van der Waals surface area contributed by atoms with E-state index >= 15 is 0 Å². The summed E-state index contributed by atoms with van der Waals surface area (Å²) in [5.41, 5.74) is 9.70. The second-order valence-corrected chi connectivity index (χ2v) is 6.07. The van der Waals surface area contributed by atoms with Crippen LogP contribution in [0, 0.1) is 5.92 Å². The van der Waals surface area contributed by atoms with Gasteiger partial charge in [-0.3, -0.25) is 4.90 Å². The van der Waals surface area contributed by atoms with Crippen LogP contribution in [0.3, 0.4) is 0 Å². The van der Waals surface area contributed by atoms with Crippen molar-refractivity contribution in [2.75, 3.05) is 5.73 Å². The lowest BCUT2D eigenvalue weighted by molar-refractivity contribution is 0.129. The van der Waals surface area contributed by atoms with E-state index in [4.69, 9.17) is 5.73 Å². The van der Waals surface area contributed by atoms with Gasteiger partial charge in [-0.25, -0.2) is 0 Å². The molecule has 0 saturated heterocycles. The molecule has 0 radical (unpaired) electrons. The fourth-order valence-corrected chi connectivity index (χ4v) is 3.64. The van der Waals surface area contributed by atoms with Crippen molar-refractivity contribution < 1.29 is 0 Å². The normalized spacial score (nSPS) is 22.9. The maximum atomic E-state index is 5.88. The van der Waals surface area contributed by atoms with E-state index in [1.54, 1.807) is 0 Å². The van der Waals surface area contributed by atoms with E-state index in [0.717, 1.165) is 30.7 Å². The molecule has 2 nitrogen and oxygen atoms in total. The molecule has 1 aliphatic heterocycles. The van der Waals surface area contributed by atoms with Crippen molar-refractivity contribution in [2.24, 2.45) is 5.92 Å². The lowest BCUT2D eigenvalue weighted by Gasteiger charge is -2.34.